The molecule has 0 atom stereocenters. The molecule has 0 aliphatic carbocycles. The monoisotopic (exact) mass is 400 g/mol. The van der Waals surface area contributed by atoms with E-state index in [4.69, 9.17) is 17.3 Å². The van der Waals surface area contributed by atoms with Crippen molar-refractivity contribution in [3.63, 3.8) is 0 Å². The third kappa shape index (κ3) is 4.15. The summed E-state index contributed by atoms with van der Waals surface area (Å²) in [4.78, 5) is 31.7. The van der Waals surface area contributed by atoms with Gasteiger partial charge in [-0.15, -0.1) is 0 Å². The maximum Gasteiger partial charge on any atom is 0.259 e. The lowest BCUT2D eigenvalue weighted by atomic mass is 10.2. The Morgan fingerprint density at radius 3 is 2.82 bits per heavy atom. The molecule has 4 N–H and O–H groups in total. The van der Waals surface area contributed by atoms with Gasteiger partial charge >= 0.3 is 0 Å². The molecule has 2 aromatic heterocycles. The fraction of sp³-hybridized carbons (Fsp3) is 0. The van der Waals surface area contributed by atoms with E-state index < -0.39 is 17.3 Å². The highest BCUT2D eigenvalue weighted by atomic mass is 35.5. The van der Waals surface area contributed by atoms with E-state index in [9.17, 15) is 14.0 Å². The first-order valence-electron chi connectivity index (χ1n) is 7.88. The smallest absolute Gasteiger partial charge is 0.259 e. The van der Waals surface area contributed by atoms with Gasteiger partial charge in [0.15, 0.2) is 5.82 Å². The van der Waals surface area contributed by atoms with E-state index in [1.165, 1.54) is 42.7 Å². The number of carbonyl (C=O) groups excluding carboxylic acids is 1. The summed E-state index contributed by atoms with van der Waals surface area (Å²) in [6, 6.07) is 6.66. The Kier molecular flexibility index (Phi) is 5.37. The zero-order chi connectivity index (χ0) is 20.3. The van der Waals surface area contributed by atoms with Crippen molar-refractivity contribution in [1.29, 1.82) is 0 Å². The predicted octanol–water partition coefficient (Wildman–Crippen LogP) is 2.87. The average Bonchev–Trinajstić information content (AvgIpc) is 2.66. The molecule has 0 saturated heterocycles. The number of carbonyl (C=O) groups is 1. The Labute approximate surface area is 163 Å². The number of hydrogen-bond acceptors (Lipinski definition) is 6. The molecular formula is C18H14ClFN6O2. The topological polar surface area (TPSA) is 115 Å². The molecule has 142 valence electrons. The highest BCUT2D eigenvalue weighted by Gasteiger charge is 2.12. The normalized spacial score (nSPS) is 10.4. The van der Waals surface area contributed by atoms with E-state index in [0.29, 0.717) is 11.4 Å². The first-order chi connectivity index (χ1) is 13.4. The fourth-order valence-corrected chi connectivity index (χ4v) is 2.38. The van der Waals surface area contributed by atoms with Gasteiger partial charge in [-0.2, -0.15) is 4.98 Å². The number of nitrogens with one attached hydrogen (secondary N) is 2. The van der Waals surface area contributed by atoms with E-state index in [1.807, 2.05) is 0 Å². The highest BCUT2D eigenvalue weighted by molar-refractivity contribution is 6.32. The lowest BCUT2D eigenvalue weighted by Crippen LogP contribution is -2.19. The number of halogens is 2. The number of anilines is 4. The summed E-state index contributed by atoms with van der Waals surface area (Å²) in [6.07, 6.45) is 3.78. The molecule has 10 heteroatoms. The van der Waals surface area contributed by atoms with Crippen LogP contribution in [0.15, 0.2) is 60.2 Å². The van der Waals surface area contributed by atoms with E-state index in [2.05, 4.69) is 27.2 Å². The second kappa shape index (κ2) is 7.89. The molecule has 0 saturated carbocycles. The number of amides is 1. The molecule has 3 aromatic rings. The van der Waals surface area contributed by atoms with Crippen LogP contribution in [0.1, 0.15) is 0 Å². The van der Waals surface area contributed by atoms with Crippen LogP contribution in [0.3, 0.4) is 0 Å². The van der Waals surface area contributed by atoms with Gasteiger partial charge in [0.25, 0.3) is 5.56 Å². The summed E-state index contributed by atoms with van der Waals surface area (Å²) in [5.74, 6) is -0.949. The van der Waals surface area contributed by atoms with Crippen LogP contribution in [0.5, 0.6) is 0 Å². The van der Waals surface area contributed by atoms with Crippen molar-refractivity contribution >= 4 is 40.4 Å². The number of nitrogens with zero attached hydrogens (tertiary/aromatic N) is 3. The first kappa shape index (κ1) is 19.1. The van der Waals surface area contributed by atoms with Crippen LogP contribution in [0.25, 0.3) is 5.95 Å². The van der Waals surface area contributed by atoms with Crippen LogP contribution in [0.4, 0.5) is 27.3 Å². The second-order valence-corrected chi connectivity index (χ2v) is 5.96. The van der Waals surface area contributed by atoms with Crippen LogP contribution in [0.2, 0.25) is 5.02 Å². The molecule has 28 heavy (non-hydrogen) atoms. The number of nitrogen functional groups attached to an aromatic ring is 1. The Morgan fingerprint density at radius 1 is 1.32 bits per heavy atom. The van der Waals surface area contributed by atoms with Crippen molar-refractivity contribution < 1.29 is 9.18 Å². The van der Waals surface area contributed by atoms with Crippen LogP contribution >= 0.6 is 11.6 Å². The van der Waals surface area contributed by atoms with Crippen molar-refractivity contribution in [2.75, 3.05) is 16.4 Å². The van der Waals surface area contributed by atoms with Crippen molar-refractivity contribution in [2.45, 2.75) is 0 Å². The van der Waals surface area contributed by atoms with E-state index in [1.54, 1.807) is 0 Å². The molecule has 0 unspecified atom stereocenters. The predicted molar refractivity (Wildman–Crippen MR) is 106 cm³/mol. The number of hydrogen-bond donors (Lipinski definition) is 3. The lowest BCUT2D eigenvalue weighted by molar-refractivity contribution is -0.111. The van der Waals surface area contributed by atoms with Gasteiger partial charge in [0, 0.05) is 23.6 Å². The Hall–Kier alpha value is -3.72. The maximum atomic E-state index is 14.2. The molecule has 3 rings (SSSR count). The van der Waals surface area contributed by atoms with Gasteiger partial charge in [0.2, 0.25) is 11.9 Å². The first-order valence-corrected chi connectivity index (χ1v) is 8.26. The molecule has 0 fully saturated rings. The molecule has 8 nitrogen and oxygen atoms in total. The third-order valence-corrected chi connectivity index (χ3v) is 3.84. The molecule has 1 aromatic carbocycles. The van der Waals surface area contributed by atoms with Gasteiger partial charge in [-0.1, -0.05) is 18.2 Å². The van der Waals surface area contributed by atoms with Gasteiger partial charge < -0.3 is 16.4 Å². The standard InChI is InChI=1S/C18H14ClFN6O2/c1-2-15(27)23-11-3-4-13(20)14(8-11)24-17-12(19)9-22-18(25-17)26-6-5-10(21)7-16(26)28/h2-9H,1,21H2,(H,23,27)(H,22,24,25). The molecule has 0 aliphatic rings. The number of rotatable bonds is 5. The summed E-state index contributed by atoms with van der Waals surface area (Å²) >= 11 is 6.10. The van der Waals surface area contributed by atoms with Crippen molar-refractivity contribution in [3.8, 4) is 5.95 Å². The number of benzene rings is 1. The van der Waals surface area contributed by atoms with Gasteiger partial charge in [0.1, 0.15) is 10.8 Å². The molecule has 2 heterocycles. The quantitative estimate of drug-likeness (QED) is 0.567. The van der Waals surface area contributed by atoms with E-state index in [-0.39, 0.29) is 22.5 Å². The van der Waals surface area contributed by atoms with Crippen LogP contribution in [-0.4, -0.2) is 20.4 Å². The summed E-state index contributed by atoms with van der Waals surface area (Å²) in [5.41, 5.74) is 5.79. The Morgan fingerprint density at radius 2 is 2.11 bits per heavy atom. The molecule has 0 bridgehead atoms. The third-order valence-electron chi connectivity index (χ3n) is 3.56. The fourth-order valence-electron chi connectivity index (χ4n) is 2.24. The number of nitrogens with two attached hydrogens (primary N) is 1. The minimum Gasteiger partial charge on any atom is -0.399 e. The minimum atomic E-state index is -0.600. The van der Waals surface area contributed by atoms with Gasteiger partial charge in [-0.05, 0) is 30.3 Å². The SMILES string of the molecule is C=CC(=O)Nc1ccc(F)c(Nc2nc(-n3ccc(N)cc3=O)ncc2Cl)c1. The number of pyridine rings is 1. The van der Waals surface area contributed by atoms with E-state index in [0.717, 1.165) is 10.6 Å². The Balaban J connectivity index is 1.96. The van der Waals surface area contributed by atoms with Gasteiger partial charge in [0.05, 0.1) is 11.9 Å². The molecule has 0 spiro atoms. The maximum absolute atomic E-state index is 14.2. The summed E-state index contributed by atoms with van der Waals surface area (Å²) < 4.78 is 15.3. The van der Waals surface area contributed by atoms with Gasteiger partial charge in [-0.3, -0.25) is 14.2 Å². The van der Waals surface area contributed by atoms with Crippen LogP contribution in [0, 0.1) is 5.82 Å². The van der Waals surface area contributed by atoms with Crippen molar-refractivity contribution in [3.05, 3.63) is 76.6 Å². The Bertz CT molecular complexity index is 1130. The van der Waals surface area contributed by atoms with Crippen LogP contribution in [-0.2, 0) is 4.79 Å². The van der Waals surface area contributed by atoms with Gasteiger partial charge in [-0.25, -0.2) is 9.37 Å². The lowest BCUT2D eigenvalue weighted by Gasteiger charge is -2.12. The largest absolute Gasteiger partial charge is 0.399 e. The van der Waals surface area contributed by atoms with E-state index >= 15 is 0 Å². The zero-order valence-electron chi connectivity index (χ0n) is 14.3. The summed E-state index contributed by atoms with van der Waals surface area (Å²) in [5, 5.41) is 5.36. The second-order valence-electron chi connectivity index (χ2n) is 5.55. The minimum absolute atomic E-state index is 0.0121. The van der Waals surface area contributed by atoms with Crippen molar-refractivity contribution in [1.82, 2.24) is 14.5 Å². The molecule has 0 radical (unpaired) electrons. The highest BCUT2D eigenvalue weighted by Crippen LogP contribution is 2.27. The van der Waals surface area contributed by atoms with Crippen molar-refractivity contribution in [2.24, 2.45) is 0 Å². The molecule has 0 aliphatic heterocycles. The number of aromatic nitrogens is 3. The summed E-state index contributed by atoms with van der Waals surface area (Å²) in [6.45, 7) is 3.36. The molecular weight excluding hydrogens is 387 g/mol. The molecule has 1 amide bonds. The van der Waals surface area contributed by atoms with Crippen LogP contribution < -0.4 is 21.9 Å². The summed E-state index contributed by atoms with van der Waals surface area (Å²) in [7, 11) is 0. The average molecular weight is 401 g/mol. The zero-order valence-corrected chi connectivity index (χ0v) is 15.1.